The van der Waals surface area contributed by atoms with Crippen LogP contribution in [0.1, 0.15) is 56.6 Å². The van der Waals surface area contributed by atoms with E-state index in [2.05, 4.69) is 5.32 Å². The van der Waals surface area contributed by atoms with Crippen molar-refractivity contribution in [2.75, 3.05) is 10.8 Å². The lowest BCUT2D eigenvalue weighted by molar-refractivity contribution is -0.140. The van der Waals surface area contributed by atoms with Crippen LogP contribution in [0, 0.1) is 12.7 Å². The molecule has 0 unspecified atom stereocenters. The van der Waals surface area contributed by atoms with E-state index in [0.717, 1.165) is 59.7 Å². The lowest BCUT2D eigenvalue weighted by Crippen LogP contribution is -2.54. The first kappa shape index (κ1) is 30.2. The number of hydrogen-bond donors (Lipinski definition) is 1. The normalized spacial score (nSPS) is 14.7. The Morgan fingerprint density at radius 3 is 2.20 bits per heavy atom. The minimum Gasteiger partial charge on any atom is -0.352 e. The summed E-state index contributed by atoms with van der Waals surface area (Å²) < 4.78 is 42.4. The van der Waals surface area contributed by atoms with E-state index in [4.69, 9.17) is 0 Å². The molecular weight excluding hydrogens is 541 g/mol. The molecule has 2 amide bonds. The molecule has 7 nitrogen and oxygen atoms in total. The van der Waals surface area contributed by atoms with E-state index in [1.165, 1.54) is 29.2 Å². The van der Waals surface area contributed by atoms with Gasteiger partial charge in [0.15, 0.2) is 0 Å². The maximum Gasteiger partial charge on any atom is 0.264 e. The van der Waals surface area contributed by atoms with Crippen molar-refractivity contribution in [3.8, 4) is 0 Å². The standard InChI is InChI=1S/C32H38FN3O4S/c1-3-30(32(38)34-27-14-6-4-7-15-27)35(22-25-13-11-10-12-24(25)2)31(37)23-36(28-20-18-26(33)19-21-28)41(39,40)29-16-8-5-9-17-29/h5,8-13,16-21,27,30H,3-4,6-7,14-15,22-23H2,1-2H3,(H,34,38)/t30-/m0/s1. The highest BCUT2D eigenvalue weighted by molar-refractivity contribution is 7.92. The van der Waals surface area contributed by atoms with Gasteiger partial charge in [-0.2, -0.15) is 0 Å². The van der Waals surface area contributed by atoms with E-state index < -0.39 is 34.3 Å². The number of rotatable bonds is 11. The van der Waals surface area contributed by atoms with Gasteiger partial charge in [0, 0.05) is 12.6 Å². The maximum absolute atomic E-state index is 14.2. The van der Waals surface area contributed by atoms with Gasteiger partial charge in [0.1, 0.15) is 18.4 Å². The molecule has 0 saturated heterocycles. The van der Waals surface area contributed by atoms with Crippen LogP contribution in [0.4, 0.5) is 10.1 Å². The van der Waals surface area contributed by atoms with Crippen molar-refractivity contribution in [1.29, 1.82) is 0 Å². The fraction of sp³-hybridized carbons (Fsp3) is 0.375. The Morgan fingerprint density at radius 2 is 1.56 bits per heavy atom. The summed E-state index contributed by atoms with van der Waals surface area (Å²) in [5, 5.41) is 3.15. The number of anilines is 1. The van der Waals surface area contributed by atoms with Crippen LogP contribution in [0.2, 0.25) is 0 Å². The highest BCUT2D eigenvalue weighted by Crippen LogP contribution is 2.26. The Kier molecular flexibility index (Phi) is 10.2. The fourth-order valence-electron chi connectivity index (χ4n) is 5.29. The van der Waals surface area contributed by atoms with Crippen molar-refractivity contribution in [2.24, 2.45) is 0 Å². The molecule has 3 aromatic carbocycles. The number of benzene rings is 3. The summed E-state index contributed by atoms with van der Waals surface area (Å²) in [6.45, 7) is 3.38. The van der Waals surface area contributed by atoms with Crippen LogP contribution in [0.15, 0.2) is 83.8 Å². The highest BCUT2D eigenvalue weighted by atomic mass is 32.2. The van der Waals surface area contributed by atoms with Crippen molar-refractivity contribution < 1.29 is 22.4 Å². The third-order valence-corrected chi connectivity index (χ3v) is 9.45. The SMILES string of the molecule is CC[C@@H](C(=O)NC1CCCCC1)N(Cc1ccccc1C)C(=O)CN(c1ccc(F)cc1)S(=O)(=O)c1ccccc1. The molecule has 0 aromatic heterocycles. The molecule has 3 aromatic rings. The van der Waals surface area contributed by atoms with Crippen molar-refractivity contribution >= 4 is 27.5 Å². The van der Waals surface area contributed by atoms with Crippen LogP contribution >= 0.6 is 0 Å². The van der Waals surface area contributed by atoms with E-state index in [9.17, 15) is 22.4 Å². The Hall–Kier alpha value is -3.72. The third kappa shape index (κ3) is 7.52. The molecule has 0 radical (unpaired) electrons. The van der Waals surface area contributed by atoms with Crippen molar-refractivity contribution in [1.82, 2.24) is 10.2 Å². The summed E-state index contributed by atoms with van der Waals surface area (Å²) in [7, 11) is -4.19. The number of aryl methyl sites for hydroxylation is 1. The van der Waals surface area contributed by atoms with E-state index in [1.807, 2.05) is 38.1 Å². The molecule has 0 heterocycles. The second-order valence-electron chi connectivity index (χ2n) is 10.5. The largest absolute Gasteiger partial charge is 0.352 e. The molecule has 4 rings (SSSR count). The number of nitrogens with one attached hydrogen (secondary N) is 1. The van der Waals surface area contributed by atoms with Crippen LogP contribution in [-0.2, 0) is 26.2 Å². The summed E-state index contributed by atoms with van der Waals surface area (Å²) in [5.74, 6) is -1.29. The van der Waals surface area contributed by atoms with Crippen LogP contribution in [0.3, 0.4) is 0 Å². The van der Waals surface area contributed by atoms with Crippen molar-refractivity contribution in [3.05, 3.63) is 95.8 Å². The zero-order valence-corrected chi connectivity index (χ0v) is 24.4. The summed E-state index contributed by atoms with van der Waals surface area (Å²) in [5.41, 5.74) is 1.98. The topological polar surface area (TPSA) is 86.8 Å². The summed E-state index contributed by atoms with van der Waals surface area (Å²) in [6, 6.07) is 19.7. The van der Waals surface area contributed by atoms with Gasteiger partial charge in [-0.25, -0.2) is 12.8 Å². The lowest BCUT2D eigenvalue weighted by atomic mass is 9.95. The lowest BCUT2D eigenvalue weighted by Gasteiger charge is -2.34. The predicted molar refractivity (Wildman–Crippen MR) is 158 cm³/mol. The number of sulfonamides is 1. The second-order valence-corrected chi connectivity index (χ2v) is 12.4. The second kappa shape index (κ2) is 13.8. The molecular formula is C32H38FN3O4S. The van der Waals surface area contributed by atoms with Gasteiger partial charge in [-0.3, -0.25) is 13.9 Å². The molecule has 218 valence electrons. The molecule has 9 heteroatoms. The monoisotopic (exact) mass is 579 g/mol. The number of amides is 2. The Morgan fingerprint density at radius 1 is 0.927 bits per heavy atom. The summed E-state index contributed by atoms with van der Waals surface area (Å²) >= 11 is 0. The van der Waals surface area contributed by atoms with Gasteiger partial charge >= 0.3 is 0 Å². The van der Waals surface area contributed by atoms with Crippen LogP contribution in [-0.4, -0.2) is 43.8 Å². The molecule has 0 bridgehead atoms. The van der Waals surface area contributed by atoms with E-state index in [0.29, 0.717) is 6.42 Å². The average molecular weight is 580 g/mol. The zero-order valence-electron chi connectivity index (χ0n) is 23.6. The van der Waals surface area contributed by atoms with Gasteiger partial charge in [-0.05, 0) is 73.7 Å². The Labute approximate surface area is 242 Å². The predicted octanol–water partition coefficient (Wildman–Crippen LogP) is 5.59. The summed E-state index contributed by atoms with van der Waals surface area (Å²) in [6.07, 6.45) is 5.42. The summed E-state index contributed by atoms with van der Waals surface area (Å²) in [4.78, 5) is 29.2. The van der Waals surface area contributed by atoms with Gasteiger partial charge in [0.2, 0.25) is 11.8 Å². The van der Waals surface area contributed by atoms with Crippen molar-refractivity contribution in [2.45, 2.75) is 75.9 Å². The number of hydrogen-bond acceptors (Lipinski definition) is 4. The number of carbonyl (C=O) groups excluding carboxylic acids is 2. The first-order valence-corrected chi connectivity index (χ1v) is 15.6. The van der Waals surface area contributed by atoms with E-state index >= 15 is 0 Å². The Bertz CT molecular complexity index is 1420. The molecule has 1 aliphatic carbocycles. The van der Waals surface area contributed by atoms with Gasteiger partial charge in [0.25, 0.3) is 10.0 Å². The van der Waals surface area contributed by atoms with E-state index in [1.54, 1.807) is 18.2 Å². The first-order valence-electron chi connectivity index (χ1n) is 14.2. The highest BCUT2D eigenvalue weighted by Gasteiger charge is 2.34. The first-order chi connectivity index (χ1) is 19.7. The molecule has 1 fully saturated rings. The van der Waals surface area contributed by atoms with Gasteiger partial charge in [-0.1, -0.05) is 68.7 Å². The minimum atomic E-state index is -4.19. The number of nitrogens with zero attached hydrogens (tertiary/aromatic N) is 2. The molecule has 41 heavy (non-hydrogen) atoms. The number of halogens is 1. The van der Waals surface area contributed by atoms with Gasteiger partial charge in [-0.15, -0.1) is 0 Å². The molecule has 1 N–H and O–H groups in total. The van der Waals surface area contributed by atoms with Gasteiger partial charge < -0.3 is 10.2 Å². The Balaban J connectivity index is 1.70. The quantitative estimate of drug-likeness (QED) is 0.321. The van der Waals surface area contributed by atoms with Crippen LogP contribution in [0.25, 0.3) is 0 Å². The number of carbonyl (C=O) groups is 2. The zero-order chi connectivity index (χ0) is 29.4. The van der Waals surface area contributed by atoms with Gasteiger partial charge in [0.05, 0.1) is 10.6 Å². The maximum atomic E-state index is 14.2. The van der Waals surface area contributed by atoms with E-state index in [-0.39, 0.29) is 29.1 Å². The molecule has 1 saturated carbocycles. The minimum absolute atomic E-state index is 0.00432. The fourth-order valence-corrected chi connectivity index (χ4v) is 6.73. The van der Waals surface area contributed by atoms with Crippen LogP contribution in [0.5, 0.6) is 0 Å². The van der Waals surface area contributed by atoms with Crippen LogP contribution < -0.4 is 9.62 Å². The molecule has 0 aliphatic heterocycles. The van der Waals surface area contributed by atoms with Crippen molar-refractivity contribution in [3.63, 3.8) is 0 Å². The average Bonchev–Trinajstić information content (AvgIpc) is 2.98. The third-order valence-electron chi connectivity index (χ3n) is 7.66. The molecule has 1 atom stereocenters. The smallest absolute Gasteiger partial charge is 0.264 e. The molecule has 1 aliphatic rings. The molecule has 0 spiro atoms.